The van der Waals surface area contributed by atoms with Gasteiger partial charge in [0, 0.05) is 22.3 Å². The van der Waals surface area contributed by atoms with Gasteiger partial charge in [0.05, 0.1) is 27.4 Å². The summed E-state index contributed by atoms with van der Waals surface area (Å²) in [5, 5.41) is 14.4. The fraction of sp³-hybridized carbons (Fsp3) is 0.407. The summed E-state index contributed by atoms with van der Waals surface area (Å²) in [6.45, 7) is 5.24. The van der Waals surface area contributed by atoms with Gasteiger partial charge < -0.3 is 20.1 Å². The fourth-order valence-corrected chi connectivity index (χ4v) is 4.93. The molecule has 34 heavy (non-hydrogen) atoms. The van der Waals surface area contributed by atoms with Crippen molar-refractivity contribution in [2.24, 2.45) is 0 Å². The Labute approximate surface area is 203 Å². The van der Waals surface area contributed by atoms with Gasteiger partial charge in [-0.15, -0.1) is 0 Å². The molecule has 2 fully saturated rings. The summed E-state index contributed by atoms with van der Waals surface area (Å²) in [5.41, 5.74) is 3.70. The van der Waals surface area contributed by atoms with Crippen molar-refractivity contribution in [3.63, 3.8) is 0 Å². The summed E-state index contributed by atoms with van der Waals surface area (Å²) >= 11 is 0. The largest absolute Gasteiger partial charge is 0.492 e. The van der Waals surface area contributed by atoms with Crippen LogP contribution in [0.5, 0.6) is 5.75 Å². The number of nitrogens with zero attached hydrogens (tertiary/aromatic N) is 2. The number of carbonyl (C=O) groups is 1. The number of likely N-dealkylation sites (N-methyl/N-ethyl adjacent to an activating group) is 1. The number of likely N-dealkylation sites (tertiary alicyclic amines) is 1. The van der Waals surface area contributed by atoms with Gasteiger partial charge in [0.15, 0.2) is 0 Å². The molecule has 1 aliphatic carbocycles. The van der Waals surface area contributed by atoms with Gasteiger partial charge in [-0.1, -0.05) is 18.2 Å². The summed E-state index contributed by atoms with van der Waals surface area (Å²) in [4.78, 5) is 20.2. The van der Waals surface area contributed by atoms with Crippen molar-refractivity contribution in [3.05, 3.63) is 70.9 Å². The van der Waals surface area contributed by atoms with Crippen molar-refractivity contribution >= 4 is 27.1 Å². The summed E-state index contributed by atoms with van der Waals surface area (Å²) in [6.07, 6.45) is 3.86. The van der Waals surface area contributed by atoms with Crippen LogP contribution < -0.4 is 10.1 Å². The third-order valence-corrected chi connectivity index (χ3v) is 8.14. The zero-order valence-corrected chi connectivity index (χ0v) is 20.9. The molecule has 2 atom stereocenters. The highest BCUT2D eigenvalue weighted by molar-refractivity contribution is 6.16. The second-order valence-corrected chi connectivity index (χ2v) is 10.8. The van der Waals surface area contributed by atoms with Crippen molar-refractivity contribution in [2.45, 2.75) is 49.9 Å². The monoisotopic (exact) mass is 472 g/mol. The Hall–Kier alpha value is -2.74. The van der Waals surface area contributed by atoms with Gasteiger partial charge in [0.1, 0.15) is 12.4 Å². The first-order valence-electron chi connectivity index (χ1n) is 11.8. The van der Waals surface area contributed by atoms with Crippen molar-refractivity contribution in [1.82, 2.24) is 15.2 Å². The number of hydrogen-bond acceptors (Lipinski definition) is 5. The van der Waals surface area contributed by atoms with Crippen molar-refractivity contribution in [1.29, 1.82) is 0 Å². The number of aryl methyl sites for hydroxylation is 1. The van der Waals surface area contributed by atoms with Gasteiger partial charge >= 0.3 is 0 Å². The Morgan fingerprint density at radius 3 is 2.71 bits per heavy atom. The maximum atomic E-state index is 13.5. The van der Waals surface area contributed by atoms with Crippen molar-refractivity contribution in [2.75, 3.05) is 20.2 Å². The average molecular weight is 473 g/mol. The summed E-state index contributed by atoms with van der Waals surface area (Å²) in [5.74, 6) is 0.568. The van der Waals surface area contributed by atoms with Crippen LogP contribution in [0.3, 0.4) is 0 Å². The second kappa shape index (κ2) is 8.48. The Morgan fingerprint density at radius 2 is 2.06 bits per heavy atom. The van der Waals surface area contributed by atoms with Gasteiger partial charge in [-0.05, 0) is 87.7 Å². The van der Waals surface area contributed by atoms with Crippen LogP contribution in [0.1, 0.15) is 59.3 Å². The van der Waals surface area contributed by atoms with E-state index >= 15 is 0 Å². The van der Waals surface area contributed by atoms with Crippen LogP contribution >= 0.6 is 0 Å². The maximum Gasteiger partial charge on any atom is 0.252 e. The normalized spacial score (nSPS) is 22.1. The van der Waals surface area contributed by atoms with Crippen LogP contribution in [-0.2, 0) is 5.54 Å². The van der Waals surface area contributed by atoms with Gasteiger partial charge in [-0.3, -0.25) is 9.78 Å². The number of nitrogens with one attached hydrogen (secondary N) is 1. The minimum Gasteiger partial charge on any atom is -0.492 e. The number of aromatic nitrogens is 1. The molecular weight excluding hydrogens is 442 g/mol. The average Bonchev–Trinajstić information content (AvgIpc) is 3.61. The van der Waals surface area contributed by atoms with E-state index in [0.29, 0.717) is 17.9 Å². The highest BCUT2D eigenvalue weighted by atomic mass is 28.1. The molecule has 2 heterocycles. The molecule has 3 radical (unpaired) electrons. The Morgan fingerprint density at radius 1 is 1.26 bits per heavy atom. The fourth-order valence-electron chi connectivity index (χ4n) is 4.64. The summed E-state index contributed by atoms with van der Waals surface area (Å²) in [6, 6.07) is 13.6. The zero-order valence-electron chi connectivity index (χ0n) is 19.9. The van der Waals surface area contributed by atoms with Gasteiger partial charge in [0.25, 0.3) is 5.91 Å². The Balaban J connectivity index is 1.41. The number of rotatable bonds is 7. The van der Waals surface area contributed by atoms with Crippen molar-refractivity contribution < 1.29 is 14.6 Å². The molecule has 2 N–H and O–H groups in total. The standard InChI is InChI=1S/C27H30N3O3Si/c1-17-6-7-20(33-16-27(34)10-12-30(27)3)15-22(17)25(32)29-26(8-9-26)23-13-19(18(2)31)14-24-21(23)5-4-11-28-24/h4-7,11,13-15,18,31H,8-10,12,16H2,1-3H3,(H,29,32)/t18?,27-/m0/s1. The molecule has 1 saturated heterocycles. The predicted molar refractivity (Wildman–Crippen MR) is 133 cm³/mol. The van der Waals surface area contributed by atoms with E-state index in [9.17, 15) is 9.90 Å². The first-order valence-corrected chi connectivity index (χ1v) is 12.3. The van der Waals surface area contributed by atoms with Crippen LogP contribution in [-0.4, -0.2) is 56.5 Å². The number of hydrogen-bond donors (Lipinski definition) is 2. The van der Waals surface area contributed by atoms with E-state index < -0.39 is 11.6 Å². The molecule has 1 saturated carbocycles. The van der Waals surface area contributed by atoms with E-state index in [1.54, 1.807) is 13.1 Å². The second-order valence-electron chi connectivity index (χ2n) is 9.82. The van der Waals surface area contributed by atoms with E-state index in [0.717, 1.165) is 53.4 Å². The highest BCUT2D eigenvalue weighted by Crippen LogP contribution is 2.48. The SMILES string of the molecule is Cc1ccc(OC[C@@]2([Si])CCN2C)cc1C(=O)NC1(c2cc(C(C)O)cc3ncccc23)CC1. The smallest absolute Gasteiger partial charge is 0.252 e. The topological polar surface area (TPSA) is 74.7 Å². The predicted octanol–water partition coefficient (Wildman–Crippen LogP) is 3.59. The minimum atomic E-state index is -0.611. The number of aliphatic hydroxyl groups excluding tert-OH is 1. The van der Waals surface area contributed by atoms with Crippen LogP contribution in [0, 0.1) is 6.92 Å². The summed E-state index contributed by atoms with van der Waals surface area (Å²) in [7, 11) is 5.88. The third kappa shape index (κ3) is 4.12. The maximum absolute atomic E-state index is 13.5. The number of aliphatic hydroxyl groups is 1. The molecule has 7 heteroatoms. The summed E-state index contributed by atoms with van der Waals surface area (Å²) < 4.78 is 6.05. The number of carbonyl (C=O) groups excluding carboxylic acids is 1. The van der Waals surface area contributed by atoms with Crippen LogP contribution in [0.2, 0.25) is 0 Å². The molecule has 1 aliphatic heterocycles. The van der Waals surface area contributed by atoms with Crippen LogP contribution in [0.25, 0.3) is 10.9 Å². The van der Waals surface area contributed by atoms with Gasteiger partial charge in [-0.2, -0.15) is 0 Å². The first-order chi connectivity index (χ1) is 16.2. The Kier molecular flexibility index (Phi) is 5.74. The molecule has 1 unspecified atom stereocenters. The number of benzene rings is 2. The third-order valence-electron chi connectivity index (χ3n) is 7.37. The van der Waals surface area contributed by atoms with Crippen molar-refractivity contribution in [3.8, 4) is 5.75 Å². The number of amides is 1. The lowest BCUT2D eigenvalue weighted by atomic mass is 9.94. The van der Waals surface area contributed by atoms with E-state index in [2.05, 4.69) is 32.5 Å². The van der Waals surface area contributed by atoms with E-state index in [-0.39, 0.29) is 11.1 Å². The quantitative estimate of drug-likeness (QED) is 0.514. The number of pyridine rings is 1. The van der Waals surface area contributed by atoms with E-state index in [4.69, 9.17) is 4.74 Å². The molecule has 6 nitrogen and oxygen atoms in total. The van der Waals surface area contributed by atoms with E-state index in [1.165, 1.54) is 0 Å². The van der Waals surface area contributed by atoms with Crippen LogP contribution in [0.15, 0.2) is 48.7 Å². The molecule has 1 amide bonds. The lowest BCUT2D eigenvalue weighted by Gasteiger charge is -2.48. The molecule has 0 bridgehead atoms. The first kappa shape index (κ1) is 23.0. The molecule has 175 valence electrons. The molecule has 3 aromatic rings. The molecule has 5 rings (SSSR count). The molecule has 2 aliphatic rings. The Bertz CT molecular complexity index is 1260. The highest BCUT2D eigenvalue weighted by Gasteiger charge is 2.47. The molecular formula is C27H30N3O3Si. The zero-order chi connectivity index (χ0) is 24.1. The number of ether oxygens (including phenoxy) is 1. The lowest BCUT2D eigenvalue weighted by Crippen LogP contribution is -2.61. The van der Waals surface area contributed by atoms with Gasteiger partial charge in [-0.25, -0.2) is 0 Å². The van der Waals surface area contributed by atoms with Crippen LogP contribution in [0.4, 0.5) is 0 Å². The lowest BCUT2D eigenvalue weighted by molar-refractivity contribution is 0.0408. The van der Waals surface area contributed by atoms with E-state index in [1.807, 2.05) is 49.4 Å². The number of fused-ring (bicyclic) bond motifs is 1. The molecule has 2 aromatic carbocycles. The minimum absolute atomic E-state index is 0.117. The molecule has 0 spiro atoms. The van der Waals surface area contributed by atoms with Gasteiger partial charge in [0.2, 0.25) is 0 Å². The molecule has 1 aromatic heterocycles.